The highest BCUT2D eigenvalue weighted by Crippen LogP contribution is 2.23. The number of fused-ring (bicyclic) bond motifs is 1. The predicted molar refractivity (Wildman–Crippen MR) is 60.5 cm³/mol. The lowest BCUT2D eigenvalue weighted by Crippen LogP contribution is -1.93. The van der Waals surface area contributed by atoms with Crippen molar-refractivity contribution in [3.63, 3.8) is 0 Å². The highest BCUT2D eigenvalue weighted by molar-refractivity contribution is 9.10. The molecule has 0 amide bonds. The molecular weight excluding hydrogens is 267 g/mol. The summed E-state index contributed by atoms with van der Waals surface area (Å²) in [6.45, 7) is 2.78. The van der Waals surface area contributed by atoms with Gasteiger partial charge in [-0.1, -0.05) is 0 Å². The van der Waals surface area contributed by atoms with Crippen LogP contribution >= 0.6 is 28.1 Å². The molecule has 1 aromatic heterocycles. The van der Waals surface area contributed by atoms with Crippen LogP contribution in [0, 0.1) is 10.6 Å². The average molecular weight is 275 g/mol. The maximum absolute atomic E-state index is 13.2. The first-order chi connectivity index (χ1) is 6.63. The third-order valence-electron chi connectivity index (χ3n) is 2.13. The fourth-order valence-electron chi connectivity index (χ4n) is 1.47. The largest absolute Gasteiger partial charge is 0.330 e. The third kappa shape index (κ3) is 1.40. The van der Waals surface area contributed by atoms with Gasteiger partial charge in [-0.25, -0.2) is 4.39 Å². The molecule has 1 N–H and O–H groups in total. The molecule has 74 valence electrons. The number of aryl methyl sites for hydroxylation is 1. The number of H-pyrrole nitrogens is 1. The van der Waals surface area contributed by atoms with Crippen LogP contribution in [-0.4, -0.2) is 9.55 Å². The fourth-order valence-corrected chi connectivity index (χ4v) is 2.13. The SMILES string of the molecule is CCn1c(=S)[nH]c2cc(F)c(Br)cc21. The maximum Gasteiger partial charge on any atom is 0.178 e. The van der Waals surface area contributed by atoms with E-state index in [1.807, 2.05) is 11.5 Å². The van der Waals surface area contributed by atoms with Crippen molar-refractivity contribution in [1.82, 2.24) is 9.55 Å². The van der Waals surface area contributed by atoms with Gasteiger partial charge in [0.25, 0.3) is 0 Å². The van der Waals surface area contributed by atoms with E-state index in [1.165, 1.54) is 6.07 Å². The summed E-state index contributed by atoms with van der Waals surface area (Å²) in [5.74, 6) is -0.281. The first-order valence-corrected chi connectivity index (χ1v) is 5.41. The lowest BCUT2D eigenvalue weighted by atomic mass is 10.3. The molecule has 0 aliphatic rings. The smallest absolute Gasteiger partial charge is 0.178 e. The molecule has 1 aromatic carbocycles. The van der Waals surface area contributed by atoms with Gasteiger partial charge in [-0.2, -0.15) is 0 Å². The quantitative estimate of drug-likeness (QED) is 0.788. The Morgan fingerprint density at radius 1 is 1.57 bits per heavy atom. The molecule has 0 radical (unpaired) electrons. The van der Waals surface area contributed by atoms with Crippen molar-refractivity contribution in [3.8, 4) is 0 Å². The molecule has 1 heterocycles. The normalized spacial score (nSPS) is 11.1. The highest BCUT2D eigenvalue weighted by Gasteiger charge is 2.07. The fraction of sp³-hybridized carbons (Fsp3) is 0.222. The van der Waals surface area contributed by atoms with Crippen LogP contribution in [0.5, 0.6) is 0 Å². The Hall–Kier alpha value is -0.680. The first kappa shape index (κ1) is 9.86. The standard InChI is InChI=1S/C9H8BrFN2S/c1-2-13-8-3-5(10)6(11)4-7(8)12-9(13)14/h3-4H,2H2,1H3,(H,12,14). The van der Waals surface area contributed by atoms with E-state index in [-0.39, 0.29) is 5.82 Å². The molecule has 0 aliphatic heterocycles. The second-order valence-corrected chi connectivity index (χ2v) is 4.20. The van der Waals surface area contributed by atoms with Crippen molar-refractivity contribution in [2.45, 2.75) is 13.5 Å². The molecule has 2 nitrogen and oxygen atoms in total. The van der Waals surface area contributed by atoms with E-state index in [0.29, 0.717) is 9.24 Å². The first-order valence-electron chi connectivity index (χ1n) is 4.21. The Morgan fingerprint density at radius 3 is 2.93 bits per heavy atom. The molecular formula is C9H8BrFN2S. The van der Waals surface area contributed by atoms with Gasteiger partial charge >= 0.3 is 0 Å². The molecule has 14 heavy (non-hydrogen) atoms. The van der Waals surface area contributed by atoms with Crippen LogP contribution in [0.1, 0.15) is 6.92 Å². The summed E-state index contributed by atoms with van der Waals surface area (Å²) >= 11 is 8.26. The molecule has 0 aliphatic carbocycles. The van der Waals surface area contributed by atoms with Gasteiger partial charge < -0.3 is 9.55 Å². The van der Waals surface area contributed by atoms with Crippen molar-refractivity contribution in [2.75, 3.05) is 0 Å². The average Bonchev–Trinajstić information content (AvgIpc) is 2.42. The summed E-state index contributed by atoms with van der Waals surface area (Å²) in [5.41, 5.74) is 1.66. The van der Waals surface area contributed by atoms with Gasteiger partial charge in [0, 0.05) is 12.6 Å². The summed E-state index contributed by atoms with van der Waals surface area (Å²) < 4.78 is 16.2. The van der Waals surface area contributed by atoms with Crippen molar-refractivity contribution in [2.24, 2.45) is 0 Å². The van der Waals surface area contributed by atoms with Crippen LogP contribution in [-0.2, 0) is 6.54 Å². The van der Waals surface area contributed by atoms with Crippen LogP contribution in [0.2, 0.25) is 0 Å². The van der Waals surface area contributed by atoms with Crippen LogP contribution in [0.3, 0.4) is 0 Å². The van der Waals surface area contributed by atoms with E-state index in [2.05, 4.69) is 20.9 Å². The Labute approximate surface area is 93.9 Å². The van der Waals surface area contributed by atoms with Gasteiger partial charge in [0.1, 0.15) is 5.82 Å². The minimum absolute atomic E-state index is 0.281. The Kier molecular flexibility index (Phi) is 2.45. The zero-order valence-corrected chi connectivity index (χ0v) is 9.88. The molecule has 0 bridgehead atoms. The molecule has 5 heteroatoms. The minimum atomic E-state index is -0.281. The lowest BCUT2D eigenvalue weighted by Gasteiger charge is -1.99. The summed E-state index contributed by atoms with van der Waals surface area (Å²) in [6.07, 6.45) is 0. The number of benzene rings is 1. The summed E-state index contributed by atoms with van der Waals surface area (Å²) in [5, 5.41) is 0. The Morgan fingerprint density at radius 2 is 2.29 bits per heavy atom. The summed E-state index contributed by atoms with van der Waals surface area (Å²) in [4.78, 5) is 2.96. The van der Waals surface area contributed by atoms with Crippen molar-refractivity contribution in [1.29, 1.82) is 0 Å². The number of nitrogens with zero attached hydrogens (tertiary/aromatic N) is 1. The van der Waals surface area contributed by atoms with Crippen molar-refractivity contribution >= 4 is 39.2 Å². The zero-order valence-electron chi connectivity index (χ0n) is 7.47. The number of halogens is 2. The molecule has 2 rings (SSSR count). The molecule has 0 saturated carbocycles. The molecule has 2 aromatic rings. The van der Waals surface area contributed by atoms with Gasteiger partial charge in [0.2, 0.25) is 0 Å². The molecule has 0 atom stereocenters. The minimum Gasteiger partial charge on any atom is -0.330 e. The van der Waals surface area contributed by atoms with Crippen LogP contribution in [0.15, 0.2) is 16.6 Å². The third-order valence-corrected chi connectivity index (χ3v) is 3.06. The number of hydrogen-bond acceptors (Lipinski definition) is 1. The van der Waals surface area contributed by atoms with E-state index in [9.17, 15) is 4.39 Å². The van der Waals surface area contributed by atoms with E-state index in [0.717, 1.165) is 17.6 Å². The predicted octanol–water partition coefficient (Wildman–Crippen LogP) is 3.62. The zero-order chi connectivity index (χ0) is 10.3. The van der Waals surface area contributed by atoms with Crippen LogP contribution in [0.4, 0.5) is 4.39 Å². The molecule has 0 fully saturated rings. The summed E-state index contributed by atoms with van der Waals surface area (Å²) in [6, 6.07) is 3.18. The lowest BCUT2D eigenvalue weighted by molar-refractivity contribution is 0.622. The topological polar surface area (TPSA) is 20.7 Å². The maximum atomic E-state index is 13.2. The van der Waals surface area contributed by atoms with Crippen LogP contribution < -0.4 is 0 Å². The second-order valence-electron chi connectivity index (χ2n) is 2.96. The van der Waals surface area contributed by atoms with Gasteiger partial charge in [-0.3, -0.25) is 0 Å². The van der Waals surface area contributed by atoms with Gasteiger partial charge in [0.05, 0.1) is 15.5 Å². The van der Waals surface area contributed by atoms with Gasteiger partial charge in [-0.15, -0.1) is 0 Å². The van der Waals surface area contributed by atoms with E-state index < -0.39 is 0 Å². The summed E-state index contributed by atoms with van der Waals surface area (Å²) in [7, 11) is 0. The second kappa shape index (κ2) is 3.47. The molecule has 0 saturated heterocycles. The van der Waals surface area contributed by atoms with Gasteiger partial charge in [0.15, 0.2) is 4.77 Å². The van der Waals surface area contributed by atoms with Crippen molar-refractivity contribution < 1.29 is 4.39 Å². The van der Waals surface area contributed by atoms with Crippen molar-refractivity contribution in [3.05, 3.63) is 27.2 Å². The number of rotatable bonds is 1. The van der Waals surface area contributed by atoms with E-state index >= 15 is 0 Å². The number of hydrogen-bond donors (Lipinski definition) is 1. The number of imidazole rings is 1. The van der Waals surface area contributed by atoms with E-state index in [1.54, 1.807) is 6.07 Å². The monoisotopic (exact) mass is 274 g/mol. The number of aromatic amines is 1. The highest BCUT2D eigenvalue weighted by atomic mass is 79.9. The Bertz CT molecular complexity index is 543. The Balaban J connectivity index is 2.89. The van der Waals surface area contributed by atoms with E-state index in [4.69, 9.17) is 12.2 Å². The van der Waals surface area contributed by atoms with Crippen LogP contribution in [0.25, 0.3) is 11.0 Å². The molecule has 0 unspecified atom stereocenters. The van der Waals surface area contributed by atoms with Gasteiger partial charge in [-0.05, 0) is 41.1 Å². The number of nitrogens with one attached hydrogen (secondary N) is 1. The molecule has 0 spiro atoms. The number of aromatic nitrogens is 2.